The molecule has 108 valence electrons. The highest BCUT2D eigenvalue weighted by molar-refractivity contribution is 5.21. The van der Waals surface area contributed by atoms with Crippen molar-refractivity contribution < 1.29 is 4.74 Å². The molecule has 0 radical (unpaired) electrons. The molecule has 1 aromatic carbocycles. The van der Waals surface area contributed by atoms with Gasteiger partial charge in [-0.1, -0.05) is 43.7 Å². The summed E-state index contributed by atoms with van der Waals surface area (Å²) in [6.07, 6.45) is 3.62. The monoisotopic (exact) mass is 263 g/mol. The van der Waals surface area contributed by atoms with Gasteiger partial charge in [0, 0.05) is 13.7 Å². The van der Waals surface area contributed by atoms with Crippen molar-refractivity contribution in [3.63, 3.8) is 0 Å². The minimum atomic E-state index is 0.394. The number of benzene rings is 1. The SMILES string of the molecule is COCCNCCC(C)(C)CCc1ccc(C)cc1. The summed E-state index contributed by atoms with van der Waals surface area (Å²) in [4.78, 5) is 0. The predicted molar refractivity (Wildman–Crippen MR) is 82.6 cm³/mol. The molecule has 1 rings (SSSR count). The summed E-state index contributed by atoms with van der Waals surface area (Å²) >= 11 is 0. The first-order valence-corrected chi connectivity index (χ1v) is 7.29. The topological polar surface area (TPSA) is 21.3 Å². The maximum Gasteiger partial charge on any atom is 0.0587 e. The van der Waals surface area contributed by atoms with Crippen LogP contribution in [-0.4, -0.2) is 26.8 Å². The first kappa shape index (κ1) is 16.2. The first-order chi connectivity index (χ1) is 9.03. The van der Waals surface area contributed by atoms with Crippen molar-refractivity contribution in [1.29, 1.82) is 0 Å². The molecule has 1 aromatic rings. The summed E-state index contributed by atoms with van der Waals surface area (Å²) in [6, 6.07) is 8.91. The number of rotatable bonds is 9. The average molecular weight is 263 g/mol. The van der Waals surface area contributed by atoms with Crippen molar-refractivity contribution >= 4 is 0 Å². The second-order valence-corrected chi connectivity index (χ2v) is 6.14. The van der Waals surface area contributed by atoms with Crippen LogP contribution in [0.5, 0.6) is 0 Å². The lowest BCUT2D eigenvalue weighted by atomic mass is 9.83. The number of hydrogen-bond acceptors (Lipinski definition) is 2. The van der Waals surface area contributed by atoms with Crippen LogP contribution in [0.1, 0.15) is 37.8 Å². The Labute approximate surface area is 118 Å². The highest BCUT2D eigenvalue weighted by atomic mass is 16.5. The number of hydrogen-bond donors (Lipinski definition) is 1. The largest absolute Gasteiger partial charge is 0.383 e. The van der Waals surface area contributed by atoms with E-state index in [0.29, 0.717) is 5.41 Å². The molecule has 0 fully saturated rings. The zero-order valence-corrected chi connectivity index (χ0v) is 13.0. The lowest BCUT2D eigenvalue weighted by Gasteiger charge is -2.25. The molecule has 0 saturated carbocycles. The number of methoxy groups -OCH3 is 1. The molecular weight excluding hydrogens is 234 g/mol. The van der Waals surface area contributed by atoms with Gasteiger partial charge >= 0.3 is 0 Å². The molecule has 0 spiro atoms. The van der Waals surface area contributed by atoms with Gasteiger partial charge in [0.1, 0.15) is 0 Å². The van der Waals surface area contributed by atoms with Crippen LogP contribution < -0.4 is 5.32 Å². The van der Waals surface area contributed by atoms with E-state index in [1.165, 1.54) is 30.4 Å². The first-order valence-electron chi connectivity index (χ1n) is 7.29. The normalized spacial score (nSPS) is 11.8. The van der Waals surface area contributed by atoms with E-state index in [1.807, 2.05) is 0 Å². The Bertz CT molecular complexity index is 343. The molecule has 0 heterocycles. The van der Waals surface area contributed by atoms with E-state index >= 15 is 0 Å². The quantitative estimate of drug-likeness (QED) is 0.688. The van der Waals surface area contributed by atoms with Gasteiger partial charge in [0.05, 0.1) is 6.61 Å². The number of ether oxygens (including phenoxy) is 1. The minimum absolute atomic E-state index is 0.394. The Morgan fingerprint density at radius 1 is 1.05 bits per heavy atom. The molecule has 0 aliphatic heterocycles. The number of nitrogens with one attached hydrogen (secondary N) is 1. The number of aryl methyl sites for hydroxylation is 2. The molecule has 0 aliphatic carbocycles. The van der Waals surface area contributed by atoms with Gasteiger partial charge in [-0.25, -0.2) is 0 Å². The summed E-state index contributed by atoms with van der Waals surface area (Å²) < 4.78 is 5.03. The molecule has 0 atom stereocenters. The summed E-state index contributed by atoms with van der Waals surface area (Å²) in [5.74, 6) is 0. The maximum atomic E-state index is 5.03. The van der Waals surface area contributed by atoms with Crippen LogP contribution in [0.3, 0.4) is 0 Å². The fourth-order valence-corrected chi connectivity index (χ4v) is 2.09. The van der Waals surface area contributed by atoms with Crippen molar-refractivity contribution in [3.05, 3.63) is 35.4 Å². The smallest absolute Gasteiger partial charge is 0.0587 e. The van der Waals surface area contributed by atoms with Gasteiger partial charge in [-0.05, 0) is 43.7 Å². The third-order valence-electron chi connectivity index (χ3n) is 3.67. The highest BCUT2D eigenvalue weighted by Gasteiger charge is 2.16. The van der Waals surface area contributed by atoms with Crippen LogP contribution in [0.4, 0.5) is 0 Å². The summed E-state index contributed by atoms with van der Waals surface area (Å²) in [5, 5.41) is 3.42. The lowest BCUT2D eigenvalue weighted by Crippen LogP contribution is -2.25. The fraction of sp³-hybridized carbons (Fsp3) is 0.647. The molecule has 0 amide bonds. The molecule has 2 nitrogen and oxygen atoms in total. The molecule has 0 bridgehead atoms. The molecule has 0 saturated heterocycles. The van der Waals surface area contributed by atoms with Gasteiger partial charge < -0.3 is 10.1 Å². The Kier molecular flexibility index (Phi) is 7.11. The summed E-state index contributed by atoms with van der Waals surface area (Å²) in [6.45, 7) is 9.68. The zero-order valence-electron chi connectivity index (χ0n) is 13.0. The lowest BCUT2D eigenvalue weighted by molar-refractivity contribution is 0.197. The van der Waals surface area contributed by atoms with E-state index in [4.69, 9.17) is 4.74 Å². The predicted octanol–water partition coefficient (Wildman–Crippen LogP) is 3.58. The second-order valence-electron chi connectivity index (χ2n) is 6.14. The van der Waals surface area contributed by atoms with E-state index in [9.17, 15) is 0 Å². The summed E-state index contributed by atoms with van der Waals surface area (Å²) in [5.41, 5.74) is 3.18. The Hall–Kier alpha value is -0.860. The van der Waals surface area contributed by atoms with E-state index in [2.05, 4.69) is 50.4 Å². The fourth-order valence-electron chi connectivity index (χ4n) is 2.09. The second kappa shape index (κ2) is 8.34. The van der Waals surface area contributed by atoms with Crippen molar-refractivity contribution in [2.45, 2.75) is 40.0 Å². The molecule has 0 unspecified atom stereocenters. The van der Waals surface area contributed by atoms with E-state index in [0.717, 1.165) is 19.7 Å². The van der Waals surface area contributed by atoms with E-state index in [-0.39, 0.29) is 0 Å². The molecule has 0 aliphatic rings. The van der Waals surface area contributed by atoms with Gasteiger partial charge in [-0.2, -0.15) is 0 Å². The van der Waals surface area contributed by atoms with Crippen molar-refractivity contribution in [1.82, 2.24) is 5.32 Å². The van der Waals surface area contributed by atoms with Gasteiger partial charge in [-0.15, -0.1) is 0 Å². The van der Waals surface area contributed by atoms with E-state index < -0.39 is 0 Å². The highest BCUT2D eigenvalue weighted by Crippen LogP contribution is 2.26. The molecule has 19 heavy (non-hydrogen) atoms. The van der Waals surface area contributed by atoms with Crippen molar-refractivity contribution in [3.8, 4) is 0 Å². The van der Waals surface area contributed by atoms with Gasteiger partial charge in [0.2, 0.25) is 0 Å². The van der Waals surface area contributed by atoms with Crippen LogP contribution in [0.15, 0.2) is 24.3 Å². The van der Waals surface area contributed by atoms with Crippen LogP contribution in [-0.2, 0) is 11.2 Å². The van der Waals surface area contributed by atoms with Gasteiger partial charge in [-0.3, -0.25) is 0 Å². The van der Waals surface area contributed by atoms with Gasteiger partial charge in [0.15, 0.2) is 0 Å². The van der Waals surface area contributed by atoms with Crippen LogP contribution >= 0.6 is 0 Å². The zero-order chi connectivity index (χ0) is 14.1. The van der Waals surface area contributed by atoms with Crippen molar-refractivity contribution in [2.75, 3.05) is 26.8 Å². The van der Waals surface area contributed by atoms with Crippen LogP contribution in [0, 0.1) is 12.3 Å². The Morgan fingerprint density at radius 2 is 1.74 bits per heavy atom. The molecule has 1 N–H and O–H groups in total. The third kappa shape index (κ3) is 7.34. The minimum Gasteiger partial charge on any atom is -0.383 e. The average Bonchev–Trinajstić information content (AvgIpc) is 2.38. The standard InChI is InChI=1S/C17H29NO/c1-15-5-7-16(8-6-15)9-10-17(2,3)11-12-18-13-14-19-4/h5-8,18H,9-14H2,1-4H3. The van der Waals surface area contributed by atoms with Crippen molar-refractivity contribution in [2.24, 2.45) is 5.41 Å². The molecule has 0 aromatic heterocycles. The van der Waals surface area contributed by atoms with Gasteiger partial charge in [0.25, 0.3) is 0 Å². The van der Waals surface area contributed by atoms with Crippen LogP contribution in [0.2, 0.25) is 0 Å². The van der Waals surface area contributed by atoms with E-state index in [1.54, 1.807) is 7.11 Å². The van der Waals surface area contributed by atoms with Crippen LogP contribution in [0.25, 0.3) is 0 Å². The Balaban J connectivity index is 2.24. The third-order valence-corrected chi connectivity index (χ3v) is 3.67. The summed E-state index contributed by atoms with van der Waals surface area (Å²) in [7, 11) is 1.74. The molecular formula is C17H29NO. The Morgan fingerprint density at radius 3 is 2.37 bits per heavy atom. The maximum absolute atomic E-state index is 5.03. The molecule has 2 heteroatoms.